The zero-order chi connectivity index (χ0) is 18.7. The number of carbonyl (C=O) groups is 1. The molecule has 1 unspecified atom stereocenters. The van der Waals surface area contributed by atoms with E-state index < -0.39 is 0 Å². The lowest BCUT2D eigenvalue weighted by Crippen LogP contribution is -2.34. The number of pyridine rings is 2. The van der Waals surface area contributed by atoms with E-state index in [2.05, 4.69) is 26.7 Å². The molecule has 1 aliphatic carbocycles. The average molecular weight is 352 g/mol. The number of nitrogens with two attached hydrogens (primary N) is 1. The fourth-order valence-electron chi connectivity index (χ4n) is 3.35. The van der Waals surface area contributed by atoms with E-state index in [1.54, 1.807) is 18.3 Å². The van der Waals surface area contributed by atoms with Gasteiger partial charge in [-0.2, -0.15) is 5.26 Å². The summed E-state index contributed by atoms with van der Waals surface area (Å²) >= 11 is 0. The van der Waals surface area contributed by atoms with Crippen molar-refractivity contribution in [1.82, 2.24) is 9.97 Å². The minimum absolute atomic E-state index is 0.0352. The van der Waals surface area contributed by atoms with Gasteiger partial charge in [0.15, 0.2) is 0 Å². The lowest BCUT2D eigenvalue weighted by Gasteiger charge is -2.25. The minimum atomic E-state index is -0.0661. The van der Waals surface area contributed by atoms with Crippen molar-refractivity contribution in [2.75, 3.05) is 10.6 Å². The van der Waals surface area contributed by atoms with Gasteiger partial charge in [-0.1, -0.05) is 6.42 Å². The van der Waals surface area contributed by atoms with Crippen LogP contribution in [-0.2, 0) is 4.79 Å². The first-order chi connectivity index (χ1) is 12.5. The number of nitrogens with one attached hydrogen (secondary N) is 2. The van der Waals surface area contributed by atoms with Gasteiger partial charge >= 0.3 is 0 Å². The minimum Gasteiger partial charge on any atom is -0.367 e. The smallest absolute Gasteiger partial charge is 0.228 e. The van der Waals surface area contributed by atoms with Gasteiger partial charge in [-0.25, -0.2) is 9.97 Å². The van der Waals surface area contributed by atoms with Crippen molar-refractivity contribution in [1.29, 1.82) is 5.26 Å². The summed E-state index contributed by atoms with van der Waals surface area (Å²) in [6, 6.07) is 5.82. The molecular weight excluding hydrogens is 328 g/mol. The molecular formula is C19H24N6O. The van der Waals surface area contributed by atoms with Crippen LogP contribution in [0.2, 0.25) is 0 Å². The third-order valence-electron chi connectivity index (χ3n) is 4.59. The molecule has 0 radical (unpaired) electrons. The number of hydrogen-bond acceptors (Lipinski definition) is 6. The van der Waals surface area contributed by atoms with E-state index in [4.69, 9.17) is 11.0 Å². The number of nitrogens with zero attached hydrogens (tertiary/aromatic N) is 3. The van der Waals surface area contributed by atoms with Crippen molar-refractivity contribution < 1.29 is 4.79 Å². The maximum atomic E-state index is 12.5. The zero-order valence-corrected chi connectivity index (χ0v) is 15.1. The number of carbonyl (C=O) groups excluding carboxylic acids is 1. The third kappa shape index (κ3) is 4.09. The molecule has 1 fully saturated rings. The van der Waals surface area contributed by atoms with Crippen LogP contribution < -0.4 is 16.4 Å². The number of amides is 1. The summed E-state index contributed by atoms with van der Waals surface area (Å²) in [6.07, 6.45) is 5.20. The molecule has 3 rings (SSSR count). The summed E-state index contributed by atoms with van der Waals surface area (Å²) in [5.41, 5.74) is 6.31. The van der Waals surface area contributed by atoms with Crippen LogP contribution in [0.15, 0.2) is 18.3 Å². The molecule has 4 N–H and O–H groups in total. The Morgan fingerprint density at radius 1 is 1.38 bits per heavy atom. The highest BCUT2D eigenvalue weighted by Gasteiger charge is 2.25. The fourth-order valence-corrected chi connectivity index (χ4v) is 3.35. The highest BCUT2D eigenvalue weighted by Crippen LogP contribution is 2.27. The second kappa shape index (κ2) is 7.67. The van der Waals surface area contributed by atoms with E-state index >= 15 is 0 Å². The molecule has 7 nitrogen and oxygen atoms in total. The Morgan fingerprint density at radius 2 is 2.19 bits per heavy atom. The second-order valence-corrected chi connectivity index (χ2v) is 7.17. The molecule has 2 aromatic rings. The Kier molecular flexibility index (Phi) is 5.33. The third-order valence-corrected chi connectivity index (χ3v) is 4.59. The molecule has 2 atom stereocenters. The van der Waals surface area contributed by atoms with Crippen molar-refractivity contribution in [2.45, 2.75) is 51.6 Å². The Morgan fingerprint density at radius 3 is 2.88 bits per heavy atom. The lowest BCUT2D eigenvalue weighted by molar-refractivity contribution is -0.120. The molecule has 0 aromatic carbocycles. The summed E-state index contributed by atoms with van der Waals surface area (Å²) < 4.78 is 0. The summed E-state index contributed by atoms with van der Waals surface area (Å²) in [7, 11) is 0. The number of nitriles is 1. The van der Waals surface area contributed by atoms with Crippen molar-refractivity contribution in [3.63, 3.8) is 0 Å². The molecule has 26 heavy (non-hydrogen) atoms. The predicted molar refractivity (Wildman–Crippen MR) is 102 cm³/mol. The summed E-state index contributed by atoms with van der Waals surface area (Å²) in [5.74, 6) is 1.00. The topological polar surface area (TPSA) is 117 Å². The quantitative estimate of drug-likeness (QED) is 0.779. The summed E-state index contributed by atoms with van der Waals surface area (Å²) in [6.45, 7) is 4.01. The maximum absolute atomic E-state index is 12.5. The maximum Gasteiger partial charge on any atom is 0.228 e. The van der Waals surface area contributed by atoms with Gasteiger partial charge in [0.2, 0.25) is 5.91 Å². The number of fused-ring (bicyclic) bond motifs is 1. The van der Waals surface area contributed by atoms with Gasteiger partial charge in [0.1, 0.15) is 23.4 Å². The average Bonchev–Trinajstić information content (AvgIpc) is 2.61. The first kappa shape index (κ1) is 18.1. The van der Waals surface area contributed by atoms with Crippen molar-refractivity contribution in [2.24, 2.45) is 11.7 Å². The molecule has 7 heteroatoms. The van der Waals surface area contributed by atoms with Crippen molar-refractivity contribution in [3.05, 3.63) is 24.0 Å². The standard InChI is InChI=1S/C19H24N6O/c1-11(2)23-18-16-8-17(22-10-13(16)7-15(9-20)24-18)25-19(26)12-4-3-5-14(21)6-12/h7-8,10-12,14H,3-6,21H2,1-2H3,(H,23,24)(H,22,25,26)/t12-,14?/m0/s1. The number of hydrogen-bond donors (Lipinski definition) is 3. The molecule has 1 amide bonds. The molecule has 1 saturated carbocycles. The Hall–Kier alpha value is -2.72. The number of anilines is 2. The molecule has 2 aromatic heterocycles. The van der Waals surface area contributed by atoms with E-state index in [1.165, 1.54) is 0 Å². The Balaban J connectivity index is 1.88. The van der Waals surface area contributed by atoms with E-state index in [-0.39, 0.29) is 23.9 Å². The summed E-state index contributed by atoms with van der Waals surface area (Å²) in [4.78, 5) is 21.2. The van der Waals surface area contributed by atoms with E-state index in [1.807, 2.05) is 13.8 Å². The van der Waals surface area contributed by atoms with Crippen LogP contribution in [0.4, 0.5) is 11.6 Å². The molecule has 0 bridgehead atoms. The normalized spacial score (nSPS) is 20.0. The van der Waals surface area contributed by atoms with Gasteiger partial charge in [-0.05, 0) is 45.2 Å². The Bertz CT molecular complexity index is 857. The van der Waals surface area contributed by atoms with Gasteiger partial charge in [0.25, 0.3) is 0 Å². The van der Waals surface area contributed by atoms with Crippen LogP contribution in [0.3, 0.4) is 0 Å². The van der Waals surface area contributed by atoms with E-state index in [0.717, 1.165) is 30.0 Å². The Labute approximate surface area is 153 Å². The second-order valence-electron chi connectivity index (χ2n) is 7.17. The summed E-state index contributed by atoms with van der Waals surface area (Å²) in [5, 5.41) is 17.0. The van der Waals surface area contributed by atoms with Gasteiger partial charge in [0.05, 0.1) is 0 Å². The van der Waals surface area contributed by atoms with Crippen LogP contribution in [0.5, 0.6) is 0 Å². The number of aromatic nitrogens is 2. The van der Waals surface area contributed by atoms with Gasteiger partial charge in [0, 0.05) is 35.0 Å². The highest BCUT2D eigenvalue weighted by atomic mass is 16.1. The van der Waals surface area contributed by atoms with Crippen LogP contribution in [0, 0.1) is 17.2 Å². The molecule has 0 aliphatic heterocycles. The number of rotatable bonds is 4. The van der Waals surface area contributed by atoms with Gasteiger partial charge in [-0.15, -0.1) is 0 Å². The van der Waals surface area contributed by atoms with Crippen LogP contribution >= 0.6 is 0 Å². The molecule has 2 heterocycles. The van der Waals surface area contributed by atoms with Crippen LogP contribution in [0.1, 0.15) is 45.2 Å². The van der Waals surface area contributed by atoms with Crippen molar-refractivity contribution in [3.8, 4) is 6.07 Å². The van der Waals surface area contributed by atoms with E-state index in [9.17, 15) is 4.79 Å². The largest absolute Gasteiger partial charge is 0.367 e. The highest BCUT2D eigenvalue weighted by molar-refractivity contribution is 5.97. The van der Waals surface area contributed by atoms with Crippen LogP contribution in [-0.4, -0.2) is 28.0 Å². The molecule has 136 valence electrons. The van der Waals surface area contributed by atoms with Gasteiger partial charge in [-0.3, -0.25) is 4.79 Å². The molecule has 0 saturated heterocycles. The predicted octanol–water partition coefficient (Wildman–Crippen LogP) is 2.78. The fraction of sp³-hybridized carbons (Fsp3) is 0.474. The first-order valence-corrected chi connectivity index (χ1v) is 9.00. The monoisotopic (exact) mass is 352 g/mol. The first-order valence-electron chi connectivity index (χ1n) is 9.00. The SMILES string of the molecule is CC(C)Nc1nc(C#N)cc2cnc(NC(=O)[C@H]3CCCC(N)C3)cc12. The van der Waals surface area contributed by atoms with Crippen molar-refractivity contribution >= 4 is 28.3 Å². The van der Waals surface area contributed by atoms with Crippen LogP contribution in [0.25, 0.3) is 10.8 Å². The lowest BCUT2D eigenvalue weighted by atomic mass is 9.85. The molecule has 1 aliphatic rings. The van der Waals surface area contributed by atoms with E-state index in [0.29, 0.717) is 23.8 Å². The molecule has 0 spiro atoms. The van der Waals surface area contributed by atoms with Gasteiger partial charge < -0.3 is 16.4 Å². The zero-order valence-electron chi connectivity index (χ0n) is 15.1.